The first-order chi connectivity index (χ1) is 8.40. The van der Waals surface area contributed by atoms with Crippen LogP contribution in [0.5, 0.6) is 5.75 Å². The average molecular weight is 222 g/mol. The molecule has 17 heavy (non-hydrogen) atoms. The van der Waals surface area contributed by atoms with Gasteiger partial charge in [-0.05, 0) is 17.7 Å². The van der Waals surface area contributed by atoms with Crippen molar-refractivity contribution in [1.82, 2.24) is 4.98 Å². The lowest BCUT2D eigenvalue weighted by molar-refractivity contribution is 0.302. The number of ether oxygens (including phenoxy) is 1. The molecule has 3 heteroatoms. The Morgan fingerprint density at radius 3 is 2.88 bits per heavy atom. The van der Waals surface area contributed by atoms with Crippen molar-refractivity contribution in [2.24, 2.45) is 0 Å². The number of para-hydroxylation sites is 1. The van der Waals surface area contributed by atoms with Gasteiger partial charge < -0.3 is 4.74 Å². The summed E-state index contributed by atoms with van der Waals surface area (Å²) in [6, 6.07) is 13.8. The molecule has 0 saturated heterocycles. The minimum atomic E-state index is -0.294. The first-order valence-electron chi connectivity index (χ1n) is 5.45. The van der Waals surface area contributed by atoms with Gasteiger partial charge in [0.2, 0.25) is 0 Å². The zero-order valence-electron chi connectivity index (χ0n) is 9.13. The number of aromatic nitrogens is 1. The lowest BCUT2D eigenvalue weighted by atomic mass is 9.92. The third kappa shape index (κ3) is 1.55. The van der Waals surface area contributed by atoms with Crippen LogP contribution in [0.25, 0.3) is 0 Å². The summed E-state index contributed by atoms with van der Waals surface area (Å²) in [6.45, 7) is 0.422. The number of benzene rings is 1. The van der Waals surface area contributed by atoms with E-state index in [1.165, 1.54) is 0 Å². The van der Waals surface area contributed by atoms with Crippen LogP contribution in [0.4, 0.5) is 0 Å². The molecule has 82 valence electrons. The summed E-state index contributed by atoms with van der Waals surface area (Å²) >= 11 is 0. The number of hydrogen-bond donors (Lipinski definition) is 0. The van der Waals surface area contributed by atoms with E-state index in [1.807, 2.05) is 36.4 Å². The van der Waals surface area contributed by atoms with Gasteiger partial charge in [0, 0.05) is 11.8 Å². The van der Waals surface area contributed by atoms with E-state index in [2.05, 4.69) is 11.1 Å². The summed E-state index contributed by atoms with van der Waals surface area (Å²) in [5, 5.41) is 9.38. The summed E-state index contributed by atoms with van der Waals surface area (Å²) in [6.07, 6.45) is 1.73. The van der Waals surface area contributed by atoms with E-state index in [9.17, 15) is 5.26 Å². The van der Waals surface area contributed by atoms with Gasteiger partial charge in [-0.1, -0.05) is 24.3 Å². The molecule has 0 N–H and O–H groups in total. The van der Waals surface area contributed by atoms with Crippen molar-refractivity contribution in [3.8, 4) is 11.8 Å². The maximum Gasteiger partial charge on any atom is 0.131 e. The topological polar surface area (TPSA) is 45.9 Å². The molecule has 0 amide bonds. The first kappa shape index (κ1) is 9.86. The van der Waals surface area contributed by atoms with E-state index in [0.717, 1.165) is 22.6 Å². The molecular formula is C14H10N2O. The van der Waals surface area contributed by atoms with E-state index in [1.54, 1.807) is 6.20 Å². The molecule has 3 rings (SSSR count). The van der Waals surface area contributed by atoms with Crippen LogP contribution < -0.4 is 4.74 Å². The lowest BCUT2D eigenvalue weighted by Crippen LogP contribution is -2.01. The Morgan fingerprint density at radius 1 is 1.18 bits per heavy atom. The highest BCUT2D eigenvalue weighted by Crippen LogP contribution is 2.35. The largest absolute Gasteiger partial charge is 0.487 e. The summed E-state index contributed by atoms with van der Waals surface area (Å²) in [4.78, 5) is 4.28. The third-order valence-electron chi connectivity index (χ3n) is 2.96. The molecule has 0 spiro atoms. The molecule has 1 unspecified atom stereocenters. The van der Waals surface area contributed by atoms with Crippen molar-refractivity contribution >= 4 is 0 Å². The van der Waals surface area contributed by atoms with Crippen LogP contribution in [0.15, 0.2) is 42.6 Å². The van der Waals surface area contributed by atoms with Gasteiger partial charge in [-0.25, -0.2) is 0 Å². The SMILES string of the molecule is N#CC1c2ccccc2OCc2ncccc21. The van der Waals surface area contributed by atoms with Crippen LogP contribution in [-0.4, -0.2) is 4.98 Å². The van der Waals surface area contributed by atoms with Gasteiger partial charge in [0.15, 0.2) is 0 Å². The fourth-order valence-electron chi connectivity index (χ4n) is 2.14. The van der Waals surface area contributed by atoms with Crippen molar-refractivity contribution in [2.75, 3.05) is 0 Å². The Morgan fingerprint density at radius 2 is 2.00 bits per heavy atom. The van der Waals surface area contributed by atoms with Crippen LogP contribution in [0, 0.1) is 11.3 Å². The molecule has 0 saturated carbocycles. The quantitative estimate of drug-likeness (QED) is 0.688. The van der Waals surface area contributed by atoms with Gasteiger partial charge in [0.05, 0.1) is 11.8 Å². The number of rotatable bonds is 0. The van der Waals surface area contributed by atoms with E-state index in [4.69, 9.17) is 4.74 Å². The number of fused-ring (bicyclic) bond motifs is 2. The maximum absolute atomic E-state index is 9.38. The third-order valence-corrected chi connectivity index (χ3v) is 2.96. The lowest BCUT2D eigenvalue weighted by Gasteiger charge is -2.10. The van der Waals surface area contributed by atoms with Crippen molar-refractivity contribution in [2.45, 2.75) is 12.5 Å². The van der Waals surface area contributed by atoms with Crippen LogP contribution in [0.2, 0.25) is 0 Å². The summed E-state index contributed by atoms with van der Waals surface area (Å²) in [5.74, 6) is 0.481. The van der Waals surface area contributed by atoms with Gasteiger partial charge in [-0.15, -0.1) is 0 Å². The standard InChI is InChI=1S/C14H10N2O/c15-8-12-10-5-3-7-16-13(10)9-17-14-6-2-1-4-11(12)14/h1-7,12H,9H2. The van der Waals surface area contributed by atoms with E-state index < -0.39 is 0 Å². The normalized spacial score (nSPS) is 17.0. The average Bonchev–Trinajstić information content (AvgIpc) is 2.55. The molecular weight excluding hydrogens is 212 g/mol. The molecule has 2 heterocycles. The van der Waals surface area contributed by atoms with Gasteiger partial charge in [0.25, 0.3) is 0 Å². The van der Waals surface area contributed by atoms with Crippen LogP contribution in [-0.2, 0) is 6.61 Å². The van der Waals surface area contributed by atoms with Gasteiger partial charge in [-0.3, -0.25) is 4.98 Å². The van der Waals surface area contributed by atoms with Crippen molar-refractivity contribution < 1.29 is 4.74 Å². The van der Waals surface area contributed by atoms with Gasteiger partial charge in [-0.2, -0.15) is 5.26 Å². The van der Waals surface area contributed by atoms with Crippen LogP contribution in [0.3, 0.4) is 0 Å². The van der Waals surface area contributed by atoms with Crippen LogP contribution >= 0.6 is 0 Å². The van der Waals surface area contributed by atoms with E-state index in [-0.39, 0.29) is 5.92 Å². The molecule has 0 fully saturated rings. The summed E-state index contributed by atoms with van der Waals surface area (Å²) in [5.41, 5.74) is 2.71. The number of pyridine rings is 1. The van der Waals surface area contributed by atoms with E-state index >= 15 is 0 Å². The molecule has 1 atom stereocenters. The van der Waals surface area contributed by atoms with Crippen molar-refractivity contribution in [3.05, 3.63) is 59.4 Å². The van der Waals surface area contributed by atoms with Crippen molar-refractivity contribution in [3.63, 3.8) is 0 Å². The Bertz CT molecular complexity index is 554. The molecule has 1 aliphatic heterocycles. The fraction of sp³-hybridized carbons (Fsp3) is 0.143. The second kappa shape index (κ2) is 3.91. The zero-order chi connectivity index (χ0) is 11.7. The molecule has 1 aromatic heterocycles. The Hall–Kier alpha value is -2.34. The monoisotopic (exact) mass is 222 g/mol. The second-order valence-electron chi connectivity index (χ2n) is 3.93. The highest BCUT2D eigenvalue weighted by molar-refractivity contribution is 5.48. The van der Waals surface area contributed by atoms with E-state index in [0.29, 0.717) is 6.61 Å². The van der Waals surface area contributed by atoms with Gasteiger partial charge >= 0.3 is 0 Å². The molecule has 0 aliphatic carbocycles. The zero-order valence-corrected chi connectivity index (χ0v) is 9.13. The molecule has 0 radical (unpaired) electrons. The molecule has 1 aliphatic rings. The number of nitrogens with zero attached hydrogens (tertiary/aromatic N) is 2. The van der Waals surface area contributed by atoms with Crippen molar-refractivity contribution in [1.29, 1.82) is 5.26 Å². The Kier molecular flexibility index (Phi) is 2.27. The maximum atomic E-state index is 9.38. The van der Waals surface area contributed by atoms with Crippen LogP contribution in [0.1, 0.15) is 22.7 Å². The molecule has 0 bridgehead atoms. The Labute approximate surface area is 99.3 Å². The summed E-state index contributed by atoms with van der Waals surface area (Å²) in [7, 11) is 0. The summed E-state index contributed by atoms with van der Waals surface area (Å²) < 4.78 is 5.69. The molecule has 2 aromatic rings. The highest BCUT2D eigenvalue weighted by atomic mass is 16.5. The Balaban J connectivity index is 2.23. The second-order valence-corrected chi connectivity index (χ2v) is 3.93. The van der Waals surface area contributed by atoms with Gasteiger partial charge in [0.1, 0.15) is 18.3 Å². The molecule has 1 aromatic carbocycles. The predicted molar refractivity (Wildman–Crippen MR) is 62.5 cm³/mol. The fourth-order valence-corrected chi connectivity index (χ4v) is 2.14. The smallest absolute Gasteiger partial charge is 0.131 e. The minimum Gasteiger partial charge on any atom is -0.487 e. The minimum absolute atomic E-state index is 0.294. The number of hydrogen-bond acceptors (Lipinski definition) is 3. The highest BCUT2D eigenvalue weighted by Gasteiger charge is 2.24. The predicted octanol–water partition coefficient (Wildman–Crippen LogP) is 2.63. The molecule has 3 nitrogen and oxygen atoms in total. The number of nitriles is 1. The first-order valence-corrected chi connectivity index (χ1v) is 5.45.